The lowest BCUT2D eigenvalue weighted by Crippen LogP contribution is -2.48. The van der Waals surface area contributed by atoms with E-state index in [4.69, 9.17) is 11.6 Å². The molecular weight excluding hydrogens is 322 g/mol. The average molecular weight is 346 g/mol. The summed E-state index contributed by atoms with van der Waals surface area (Å²) in [6.45, 7) is 4.21. The molecule has 2 fully saturated rings. The maximum atomic E-state index is 9.69. The van der Waals surface area contributed by atoms with E-state index < -0.39 is 0 Å². The summed E-state index contributed by atoms with van der Waals surface area (Å²) in [6.07, 6.45) is 6.01. The monoisotopic (exact) mass is 345 g/mol. The lowest BCUT2D eigenvalue weighted by Gasteiger charge is -2.42. The third-order valence-electron chi connectivity index (χ3n) is 5.50. The van der Waals surface area contributed by atoms with Gasteiger partial charge in [-0.1, -0.05) is 11.6 Å². The summed E-state index contributed by atoms with van der Waals surface area (Å²) in [5.41, 5.74) is 2.25. The van der Waals surface area contributed by atoms with E-state index in [2.05, 4.69) is 20.9 Å². The largest absolute Gasteiger partial charge is 0.393 e. The molecule has 0 unspecified atom stereocenters. The number of hydrogen-bond donors (Lipinski definition) is 1. The molecule has 2 aliphatic heterocycles. The second-order valence-electron chi connectivity index (χ2n) is 6.98. The van der Waals surface area contributed by atoms with Crippen LogP contribution in [-0.4, -0.2) is 53.3 Å². The highest BCUT2D eigenvalue weighted by Crippen LogP contribution is 2.31. The van der Waals surface area contributed by atoms with Gasteiger partial charge in [-0.3, -0.25) is 4.98 Å². The van der Waals surface area contributed by atoms with Crippen molar-refractivity contribution in [3.63, 3.8) is 0 Å². The number of halogens is 1. The molecule has 0 spiro atoms. The summed E-state index contributed by atoms with van der Waals surface area (Å²) in [4.78, 5) is 9.50. The van der Waals surface area contributed by atoms with Crippen molar-refractivity contribution in [3.8, 4) is 0 Å². The van der Waals surface area contributed by atoms with Crippen molar-refractivity contribution in [1.82, 2.24) is 9.88 Å². The maximum absolute atomic E-state index is 9.69. The van der Waals surface area contributed by atoms with Crippen molar-refractivity contribution in [3.05, 3.63) is 35.5 Å². The molecule has 2 saturated heterocycles. The normalized spacial score (nSPS) is 21.5. The zero-order valence-corrected chi connectivity index (χ0v) is 14.6. The van der Waals surface area contributed by atoms with Gasteiger partial charge in [0.25, 0.3) is 0 Å². The maximum Gasteiger partial charge on any atom is 0.0723 e. The number of aliphatic hydroxyl groups excluding tert-OH is 1. The molecule has 4 nitrogen and oxygen atoms in total. The predicted molar refractivity (Wildman–Crippen MR) is 98.8 cm³/mol. The Morgan fingerprint density at radius 1 is 1.00 bits per heavy atom. The molecule has 0 saturated carbocycles. The highest BCUT2D eigenvalue weighted by atomic mass is 35.5. The Labute approximate surface area is 148 Å². The standard InChI is InChI=1S/C19H24ClN3O/c20-14-1-2-18-17(13-14)19(3-8-21-18)23-9-4-15(5-10-23)22-11-6-16(24)7-12-22/h1-3,8,13,15-16,24H,4-7,9-12H2. The lowest BCUT2D eigenvalue weighted by molar-refractivity contribution is 0.0542. The first kappa shape index (κ1) is 16.1. The van der Waals surface area contributed by atoms with Gasteiger partial charge in [0.2, 0.25) is 0 Å². The van der Waals surface area contributed by atoms with E-state index in [0.717, 1.165) is 54.9 Å². The number of fused-ring (bicyclic) bond motifs is 1. The molecule has 1 N–H and O–H groups in total. The molecule has 2 aliphatic rings. The van der Waals surface area contributed by atoms with Crippen molar-refractivity contribution in [1.29, 1.82) is 0 Å². The molecule has 24 heavy (non-hydrogen) atoms. The van der Waals surface area contributed by atoms with Crippen LogP contribution in [0.25, 0.3) is 10.9 Å². The quantitative estimate of drug-likeness (QED) is 0.906. The minimum absolute atomic E-state index is 0.0886. The third kappa shape index (κ3) is 3.23. The SMILES string of the molecule is OC1CCN(C2CCN(c3ccnc4ccc(Cl)cc34)CC2)CC1. The van der Waals surface area contributed by atoms with Gasteiger partial charge in [0.15, 0.2) is 0 Å². The van der Waals surface area contributed by atoms with Gasteiger partial charge in [-0.15, -0.1) is 0 Å². The molecule has 0 aliphatic carbocycles. The second kappa shape index (κ2) is 6.87. The van der Waals surface area contributed by atoms with Gasteiger partial charge >= 0.3 is 0 Å². The number of piperidine rings is 2. The molecule has 0 radical (unpaired) electrons. The fourth-order valence-electron chi connectivity index (χ4n) is 4.10. The topological polar surface area (TPSA) is 39.6 Å². The van der Waals surface area contributed by atoms with Crippen molar-refractivity contribution in [2.24, 2.45) is 0 Å². The van der Waals surface area contributed by atoms with Gasteiger partial charge in [-0.2, -0.15) is 0 Å². The third-order valence-corrected chi connectivity index (χ3v) is 5.74. The van der Waals surface area contributed by atoms with E-state index in [-0.39, 0.29) is 6.10 Å². The lowest BCUT2D eigenvalue weighted by atomic mass is 9.98. The van der Waals surface area contributed by atoms with Gasteiger partial charge in [-0.25, -0.2) is 0 Å². The van der Waals surface area contributed by atoms with Crippen LogP contribution in [0.4, 0.5) is 5.69 Å². The number of nitrogens with zero attached hydrogens (tertiary/aromatic N) is 3. The molecule has 0 bridgehead atoms. The van der Waals surface area contributed by atoms with E-state index in [1.54, 1.807) is 0 Å². The molecule has 3 heterocycles. The number of pyridine rings is 1. The number of likely N-dealkylation sites (tertiary alicyclic amines) is 1. The molecule has 1 aromatic carbocycles. The molecule has 4 rings (SSSR count). The number of benzene rings is 1. The summed E-state index contributed by atoms with van der Waals surface area (Å²) >= 11 is 6.19. The highest BCUT2D eigenvalue weighted by molar-refractivity contribution is 6.31. The van der Waals surface area contributed by atoms with Gasteiger partial charge in [-0.05, 0) is 49.9 Å². The van der Waals surface area contributed by atoms with E-state index in [9.17, 15) is 5.11 Å². The van der Waals surface area contributed by atoms with Crippen LogP contribution in [0.2, 0.25) is 5.02 Å². The summed E-state index contributed by atoms with van der Waals surface area (Å²) in [6, 6.07) is 8.68. The van der Waals surface area contributed by atoms with Crippen molar-refractivity contribution in [2.75, 3.05) is 31.1 Å². The molecular formula is C19H24ClN3O. The van der Waals surface area contributed by atoms with Crippen molar-refractivity contribution in [2.45, 2.75) is 37.8 Å². The Balaban J connectivity index is 1.47. The number of rotatable bonds is 2. The van der Waals surface area contributed by atoms with Crippen molar-refractivity contribution < 1.29 is 5.11 Å². The van der Waals surface area contributed by atoms with Crippen LogP contribution in [0.5, 0.6) is 0 Å². The Hall–Kier alpha value is -1.36. The van der Waals surface area contributed by atoms with E-state index in [1.807, 2.05) is 24.4 Å². The minimum atomic E-state index is -0.0886. The fourth-order valence-corrected chi connectivity index (χ4v) is 4.27. The Bertz CT molecular complexity index is 707. The smallest absolute Gasteiger partial charge is 0.0723 e. The minimum Gasteiger partial charge on any atom is -0.393 e. The number of aromatic nitrogens is 1. The zero-order valence-electron chi connectivity index (χ0n) is 13.9. The summed E-state index contributed by atoms with van der Waals surface area (Å²) in [7, 11) is 0. The molecule has 5 heteroatoms. The first-order chi connectivity index (χ1) is 11.7. The first-order valence-electron chi connectivity index (χ1n) is 8.92. The highest BCUT2D eigenvalue weighted by Gasteiger charge is 2.28. The van der Waals surface area contributed by atoms with Crippen LogP contribution in [0.3, 0.4) is 0 Å². The van der Waals surface area contributed by atoms with Crippen LogP contribution in [-0.2, 0) is 0 Å². The van der Waals surface area contributed by atoms with Gasteiger partial charge in [0.1, 0.15) is 0 Å². The molecule has 2 aromatic rings. The molecule has 0 atom stereocenters. The van der Waals surface area contributed by atoms with Crippen LogP contribution >= 0.6 is 11.6 Å². The zero-order chi connectivity index (χ0) is 16.5. The van der Waals surface area contributed by atoms with Gasteiger partial charge < -0.3 is 14.9 Å². The van der Waals surface area contributed by atoms with Crippen LogP contribution in [0.15, 0.2) is 30.5 Å². The van der Waals surface area contributed by atoms with Crippen LogP contribution in [0, 0.1) is 0 Å². The molecule has 1 aromatic heterocycles. The molecule has 128 valence electrons. The van der Waals surface area contributed by atoms with E-state index in [0.29, 0.717) is 6.04 Å². The predicted octanol–water partition coefficient (Wildman–Crippen LogP) is 3.31. The molecule has 0 amide bonds. The number of hydrogen-bond acceptors (Lipinski definition) is 4. The Morgan fingerprint density at radius 2 is 1.75 bits per heavy atom. The number of aliphatic hydroxyl groups is 1. The van der Waals surface area contributed by atoms with E-state index >= 15 is 0 Å². The van der Waals surface area contributed by atoms with Gasteiger partial charge in [0, 0.05) is 54.5 Å². The summed E-state index contributed by atoms with van der Waals surface area (Å²) in [5, 5.41) is 11.6. The Morgan fingerprint density at radius 3 is 2.50 bits per heavy atom. The fraction of sp³-hybridized carbons (Fsp3) is 0.526. The van der Waals surface area contributed by atoms with Gasteiger partial charge in [0.05, 0.1) is 11.6 Å². The summed E-state index contributed by atoms with van der Waals surface area (Å²) in [5.74, 6) is 0. The second-order valence-corrected chi connectivity index (χ2v) is 7.41. The number of anilines is 1. The average Bonchev–Trinajstić information content (AvgIpc) is 2.62. The summed E-state index contributed by atoms with van der Waals surface area (Å²) < 4.78 is 0. The van der Waals surface area contributed by atoms with E-state index in [1.165, 1.54) is 18.5 Å². The first-order valence-corrected chi connectivity index (χ1v) is 9.30. The Kier molecular flexibility index (Phi) is 4.61. The van der Waals surface area contributed by atoms with Crippen molar-refractivity contribution >= 4 is 28.2 Å². The van der Waals surface area contributed by atoms with Crippen LogP contribution < -0.4 is 4.90 Å². The van der Waals surface area contributed by atoms with Crippen LogP contribution in [0.1, 0.15) is 25.7 Å².